The van der Waals surface area contributed by atoms with Crippen LogP contribution in [-0.4, -0.2) is 29.1 Å². The quantitative estimate of drug-likeness (QED) is 0.631. The third-order valence-electron chi connectivity index (χ3n) is 8.21. The van der Waals surface area contributed by atoms with Gasteiger partial charge in [-0.25, -0.2) is 9.78 Å². The Bertz CT molecular complexity index is 830. The Morgan fingerprint density at radius 3 is 2.53 bits per heavy atom. The number of hydrogen-bond donors (Lipinski definition) is 1. The van der Waals surface area contributed by atoms with Gasteiger partial charge in [0.2, 0.25) is 5.79 Å². The molecule has 4 aliphatic heterocycles. The molecule has 8 atom stereocenters. The van der Waals surface area contributed by atoms with Crippen molar-refractivity contribution in [3.8, 4) is 0 Å². The number of rotatable bonds is 4. The molecule has 0 amide bonds. The first-order chi connectivity index (χ1) is 15.1. The van der Waals surface area contributed by atoms with Crippen molar-refractivity contribution in [2.24, 2.45) is 23.7 Å². The predicted molar refractivity (Wildman–Crippen MR) is 108 cm³/mol. The Balaban J connectivity index is 1.31. The Kier molecular flexibility index (Phi) is 5.61. The molecular formula is C24H31F3O5. The van der Waals surface area contributed by atoms with E-state index in [-0.39, 0.29) is 17.8 Å². The second-order valence-electron chi connectivity index (χ2n) is 10.2. The van der Waals surface area contributed by atoms with E-state index in [1.165, 1.54) is 12.1 Å². The molecule has 1 N–H and O–H groups in total. The van der Waals surface area contributed by atoms with E-state index in [1.807, 2.05) is 6.92 Å². The molecule has 1 spiro atoms. The number of aliphatic hydroxyl groups is 1. The summed E-state index contributed by atoms with van der Waals surface area (Å²) in [7, 11) is 0. The Labute approximate surface area is 186 Å². The van der Waals surface area contributed by atoms with E-state index < -0.39 is 35.7 Å². The molecule has 0 aromatic heterocycles. The average Bonchev–Trinajstić information content (AvgIpc) is 2.96. The van der Waals surface area contributed by atoms with Crippen LogP contribution in [0.4, 0.5) is 13.2 Å². The number of hydrogen-bond acceptors (Lipinski definition) is 5. The summed E-state index contributed by atoms with van der Waals surface area (Å²) in [6.45, 7) is 4.09. The van der Waals surface area contributed by atoms with Gasteiger partial charge in [-0.15, -0.1) is 0 Å². The Morgan fingerprint density at radius 2 is 1.81 bits per heavy atom. The second-order valence-corrected chi connectivity index (χ2v) is 10.2. The lowest BCUT2D eigenvalue weighted by molar-refractivity contribution is -0.577. The maximum absolute atomic E-state index is 12.8. The first-order valence-electron chi connectivity index (χ1n) is 11.7. The van der Waals surface area contributed by atoms with Crippen LogP contribution in [-0.2, 0) is 31.8 Å². The molecule has 1 aromatic carbocycles. The molecule has 4 heterocycles. The Morgan fingerprint density at radius 1 is 1.06 bits per heavy atom. The number of alkyl halides is 3. The molecule has 32 heavy (non-hydrogen) atoms. The SMILES string of the molecule is C[C@@H]1CC[C@H]2[C@@H](CCCc3ccc(C(F)(F)F)cc3)C(O)OC3O[C@]4(C)CC[C@@H]1[C@]32OO4. The van der Waals surface area contributed by atoms with Crippen molar-refractivity contribution in [2.45, 2.75) is 88.9 Å². The van der Waals surface area contributed by atoms with Gasteiger partial charge < -0.3 is 14.6 Å². The lowest BCUT2D eigenvalue weighted by Crippen LogP contribution is -2.70. The highest BCUT2D eigenvalue weighted by molar-refractivity contribution is 5.24. The van der Waals surface area contributed by atoms with E-state index >= 15 is 0 Å². The van der Waals surface area contributed by atoms with Gasteiger partial charge in [-0.1, -0.05) is 19.1 Å². The van der Waals surface area contributed by atoms with Gasteiger partial charge in [0.1, 0.15) is 0 Å². The van der Waals surface area contributed by atoms with Crippen LogP contribution in [0.5, 0.6) is 0 Å². The van der Waals surface area contributed by atoms with E-state index in [2.05, 4.69) is 6.92 Å². The number of aryl methyl sites for hydroxylation is 1. The average molecular weight is 457 g/mol. The molecule has 5 fully saturated rings. The highest BCUT2D eigenvalue weighted by atomic mass is 19.4. The molecule has 1 aliphatic carbocycles. The number of halogens is 3. The van der Waals surface area contributed by atoms with Crippen molar-refractivity contribution < 1.29 is 37.5 Å². The van der Waals surface area contributed by atoms with Gasteiger partial charge in [0.15, 0.2) is 18.2 Å². The van der Waals surface area contributed by atoms with Crippen molar-refractivity contribution in [1.82, 2.24) is 0 Å². The summed E-state index contributed by atoms with van der Waals surface area (Å²) in [4.78, 5) is 11.9. The van der Waals surface area contributed by atoms with Crippen LogP contribution in [0, 0.1) is 23.7 Å². The van der Waals surface area contributed by atoms with Crippen molar-refractivity contribution in [2.75, 3.05) is 0 Å². The first kappa shape index (κ1) is 22.6. The zero-order chi connectivity index (χ0) is 22.7. The summed E-state index contributed by atoms with van der Waals surface area (Å²) in [5, 5.41) is 10.9. The first-order valence-corrected chi connectivity index (χ1v) is 11.7. The fourth-order valence-electron chi connectivity index (χ4n) is 6.48. The van der Waals surface area contributed by atoms with Crippen LogP contribution >= 0.6 is 0 Å². The topological polar surface area (TPSA) is 57.2 Å². The Hall–Kier alpha value is -1.19. The smallest absolute Gasteiger partial charge is 0.368 e. The highest BCUT2D eigenvalue weighted by Gasteiger charge is 2.69. The summed E-state index contributed by atoms with van der Waals surface area (Å²) in [5.74, 6) is -0.321. The molecule has 178 valence electrons. The second kappa shape index (κ2) is 7.94. The molecule has 5 nitrogen and oxygen atoms in total. The van der Waals surface area contributed by atoms with Gasteiger partial charge in [-0.2, -0.15) is 13.2 Å². The molecule has 6 rings (SSSR count). The number of aliphatic hydroxyl groups excluding tert-OH is 1. The van der Waals surface area contributed by atoms with Crippen LogP contribution in [0.25, 0.3) is 0 Å². The van der Waals surface area contributed by atoms with Gasteiger partial charge >= 0.3 is 6.18 Å². The van der Waals surface area contributed by atoms with Gasteiger partial charge in [-0.05, 0) is 75.0 Å². The molecule has 1 aromatic rings. The monoisotopic (exact) mass is 456 g/mol. The van der Waals surface area contributed by atoms with Crippen molar-refractivity contribution in [3.05, 3.63) is 35.4 Å². The zero-order valence-electron chi connectivity index (χ0n) is 18.4. The molecular weight excluding hydrogens is 425 g/mol. The molecule has 2 bridgehead atoms. The molecule has 1 saturated carbocycles. The minimum absolute atomic E-state index is 0.0349. The summed E-state index contributed by atoms with van der Waals surface area (Å²) in [6.07, 6.45) is -0.341. The zero-order valence-corrected chi connectivity index (χ0v) is 18.4. The van der Waals surface area contributed by atoms with E-state index in [9.17, 15) is 18.3 Å². The molecule has 4 saturated heterocycles. The minimum atomic E-state index is -4.33. The minimum Gasteiger partial charge on any atom is -0.368 e. The van der Waals surface area contributed by atoms with Crippen LogP contribution in [0.1, 0.15) is 63.5 Å². The van der Waals surface area contributed by atoms with E-state index in [4.69, 9.17) is 19.2 Å². The fraction of sp³-hybridized carbons (Fsp3) is 0.750. The number of benzene rings is 1. The largest absolute Gasteiger partial charge is 0.416 e. The lowest BCUT2D eigenvalue weighted by Gasteiger charge is -2.60. The van der Waals surface area contributed by atoms with Crippen LogP contribution in [0.15, 0.2) is 24.3 Å². The maximum Gasteiger partial charge on any atom is 0.416 e. The van der Waals surface area contributed by atoms with Crippen LogP contribution in [0.3, 0.4) is 0 Å². The van der Waals surface area contributed by atoms with Gasteiger partial charge in [0.25, 0.3) is 0 Å². The van der Waals surface area contributed by atoms with Gasteiger partial charge in [0.05, 0.1) is 5.56 Å². The molecule has 2 unspecified atom stereocenters. The van der Waals surface area contributed by atoms with Crippen molar-refractivity contribution in [1.29, 1.82) is 0 Å². The van der Waals surface area contributed by atoms with E-state index in [1.54, 1.807) is 0 Å². The third kappa shape index (κ3) is 3.68. The summed E-state index contributed by atoms with van der Waals surface area (Å²) < 4.78 is 50.6. The molecule has 8 heteroatoms. The number of ether oxygens (including phenoxy) is 2. The highest BCUT2D eigenvalue weighted by Crippen LogP contribution is 2.60. The van der Waals surface area contributed by atoms with Gasteiger partial charge in [-0.3, -0.25) is 0 Å². The third-order valence-corrected chi connectivity index (χ3v) is 8.21. The molecule has 0 radical (unpaired) electrons. The van der Waals surface area contributed by atoms with E-state index in [0.29, 0.717) is 25.2 Å². The van der Waals surface area contributed by atoms with E-state index in [0.717, 1.165) is 43.4 Å². The normalized spacial score (nSPS) is 43.6. The van der Waals surface area contributed by atoms with Crippen molar-refractivity contribution in [3.63, 3.8) is 0 Å². The van der Waals surface area contributed by atoms with Gasteiger partial charge in [0, 0.05) is 18.3 Å². The fourth-order valence-corrected chi connectivity index (χ4v) is 6.48. The number of fused-ring (bicyclic) bond motifs is 2. The lowest BCUT2D eigenvalue weighted by atomic mass is 9.57. The predicted octanol–water partition coefficient (Wildman–Crippen LogP) is 5.21. The molecule has 5 aliphatic rings. The summed E-state index contributed by atoms with van der Waals surface area (Å²) >= 11 is 0. The van der Waals surface area contributed by atoms with Crippen molar-refractivity contribution >= 4 is 0 Å². The van der Waals surface area contributed by atoms with Crippen LogP contribution in [0.2, 0.25) is 0 Å². The summed E-state index contributed by atoms with van der Waals surface area (Å²) in [6, 6.07) is 5.30. The summed E-state index contributed by atoms with van der Waals surface area (Å²) in [5.41, 5.74) is -0.521. The standard InChI is InChI=1S/C24H31F3O5/c1-14-6-11-19-17(5-3-4-15-7-9-16(10-8-15)24(25,26)27)20(28)29-21-23(19)18(14)12-13-22(2,30-21)31-32-23/h7-10,14,17-21,28H,3-6,11-13H2,1-2H3/t14-,17-,18+,19+,20?,21?,22+,23-/m1/s1. The van der Waals surface area contributed by atoms with Crippen LogP contribution < -0.4 is 0 Å². The maximum atomic E-state index is 12.8.